The fraction of sp³-hybridized carbons (Fsp3) is 0.353. The van der Waals surface area contributed by atoms with Gasteiger partial charge in [0.25, 0.3) is 0 Å². The lowest BCUT2D eigenvalue weighted by Crippen LogP contribution is -2.21. The molecule has 4 nitrogen and oxygen atoms in total. The quantitative estimate of drug-likeness (QED) is 0.883. The van der Waals surface area contributed by atoms with Crippen LogP contribution >= 0.6 is 0 Å². The number of aromatic nitrogens is 1. The number of benzene rings is 1. The fourth-order valence-electron chi connectivity index (χ4n) is 2.06. The third-order valence-corrected chi connectivity index (χ3v) is 3.36. The van der Waals surface area contributed by atoms with Crippen LogP contribution in [0.1, 0.15) is 24.5 Å². The first-order valence-electron chi connectivity index (χ1n) is 7.15. The fourth-order valence-corrected chi connectivity index (χ4v) is 2.06. The maximum absolute atomic E-state index is 5.98. The van der Waals surface area contributed by atoms with Gasteiger partial charge in [0, 0.05) is 23.9 Å². The number of aryl methyl sites for hydroxylation is 1. The van der Waals surface area contributed by atoms with Crippen LogP contribution < -0.4 is 15.2 Å². The van der Waals surface area contributed by atoms with E-state index in [0.29, 0.717) is 11.6 Å². The minimum atomic E-state index is 0.177. The lowest BCUT2D eigenvalue weighted by Gasteiger charge is -2.12. The van der Waals surface area contributed by atoms with Gasteiger partial charge in [-0.2, -0.15) is 0 Å². The minimum Gasteiger partial charge on any atom is -0.497 e. The maximum Gasteiger partial charge on any atom is 0.222 e. The second-order valence-electron chi connectivity index (χ2n) is 5.12. The van der Waals surface area contributed by atoms with Crippen LogP contribution in [0.4, 0.5) is 0 Å². The van der Waals surface area contributed by atoms with Crippen molar-refractivity contribution in [2.24, 2.45) is 5.73 Å². The molecule has 4 heteroatoms. The van der Waals surface area contributed by atoms with Gasteiger partial charge in [-0.05, 0) is 43.5 Å². The van der Waals surface area contributed by atoms with Crippen molar-refractivity contribution in [1.82, 2.24) is 4.98 Å². The summed E-state index contributed by atoms with van der Waals surface area (Å²) in [6.07, 6.45) is 3.63. The Morgan fingerprint density at radius 1 is 1.24 bits per heavy atom. The molecule has 0 saturated carbocycles. The third kappa shape index (κ3) is 4.20. The molecule has 1 aromatic carbocycles. The Morgan fingerprint density at radius 3 is 2.67 bits per heavy atom. The molecule has 0 aliphatic heterocycles. The van der Waals surface area contributed by atoms with Crippen LogP contribution in [0.2, 0.25) is 0 Å². The van der Waals surface area contributed by atoms with E-state index in [2.05, 4.69) is 18.0 Å². The molecule has 2 rings (SSSR count). The van der Waals surface area contributed by atoms with Crippen LogP contribution in [-0.2, 0) is 6.42 Å². The van der Waals surface area contributed by atoms with E-state index in [1.165, 1.54) is 0 Å². The maximum atomic E-state index is 5.98. The summed E-state index contributed by atoms with van der Waals surface area (Å²) in [5.41, 5.74) is 8.11. The van der Waals surface area contributed by atoms with Gasteiger partial charge in [-0.25, -0.2) is 4.98 Å². The molecule has 21 heavy (non-hydrogen) atoms. The van der Waals surface area contributed by atoms with Gasteiger partial charge in [0.1, 0.15) is 11.5 Å². The molecule has 0 fully saturated rings. The zero-order chi connectivity index (χ0) is 15.2. The van der Waals surface area contributed by atoms with E-state index >= 15 is 0 Å². The highest BCUT2D eigenvalue weighted by molar-refractivity contribution is 5.37. The van der Waals surface area contributed by atoms with Gasteiger partial charge in [-0.1, -0.05) is 13.0 Å². The first-order chi connectivity index (χ1) is 10.1. The molecule has 1 unspecified atom stereocenters. The van der Waals surface area contributed by atoms with Crippen LogP contribution in [-0.4, -0.2) is 18.1 Å². The van der Waals surface area contributed by atoms with Crippen LogP contribution in [0.5, 0.6) is 17.4 Å². The molecule has 0 radical (unpaired) electrons. The number of ether oxygens (including phenoxy) is 2. The molecular weight excluding hydrogens is 264 g/mol. The Bertz CT molecular complexity index is 599. The second kappa shape index (κ2) is 7.09. The van der Waals surface area contributed by atoms with E-state index in [1.807, 2.05) is 37.4 Å². The molecule has 112 valence electrons. The van der Waals surface area contributed by atoms with Crippen LogP contribution in [0, 0.1) is 6.92 Å². The van der Waals surface area contributed by atoms with Gasteiger partial charge in [0.2, 0.25) is 5.88 Å². The van der Waals surface area contributed by atoms with Crippen molar-refractivity contribution in [2.75, 3.05) is 7.11 Å². The normalized spacial score (nSPS) is 12.0. The summed E-state index contributed by atoms with van der Waals surface area (Å²) in [5.74, 6) is 2.08. The van der Waals surface area contributed by atoms with Crippen molar-refractivity contribution in [1.29, 1.82) is 0 Å². The zero-order valence-electron chi connectivity index (χ0n) is 12.8. The average Bonchev–Trinajstić information content (AvgIpc) is 2.50. The third-order valence-electron chi connectivity index (χ3n) is 3.36. The summed E-state index contributed by atoms with van der Waals surface area (Å²) < 4.78 is 11.0. The summed E-state index contributed by atoms with van der Waals surface area (Å²) >= 11 is 0. The van der Waals surface area contributed by atoms with Gasteiger partial charge in [0.15, 0.2) is 0 Å². The first kappa shape index (κ1) is 15.3. The minimum absolute atomic E-state index is 0.177. The van der Waals surface area contributed by atoms with Crippen molar-refractivity contribution < 1.29 is 9.47 Å². The van der Waals surface area contributed by atoms with E-state index in [1.54, 1.807) is 7.11 Å². The predicted molar refractivity (Wildman–Crippen MR) is 84.0 cm³/mol. The summed E-state index contributed by atoms with van der Waals surface area (Å²) in [4.78, 5) is 4.40. The largest absolute Gasteiger partial charge is 0.497 e. The lowest BCUT2D eigenvalue weighted by atomic mass is 10.1. The molecule has 0 spiro atoms. The Kier molecular flexibility index (Phi) is 5.17. The van der Waals surface area contributed by atoms with Crippen molar-refractivity contribution in [3.8, 4) is 17.4 Å². The Hall–Kier alpha value is -2.07. The highest BCUT2D eigenvalue weighted by atomic mass is 16.5. The number of hydrogen-bond donors (Lipinski definition) is 1. The SMILES string of the molecule is CCC(N)Cc1cnc(Oc2cccc(OC)c2)c(C)c1. The van der Waals surface area contributed by atoms with E-state index in [-0.39, 0.29) is 6.04 Å². The molecule has 0 saturated heterocycles. The molecule has 0 amide bonds. The predicted octanol–water partition coefficient (Wildman–Crippen LogP) is 3.47. The van der Waals surface area contributed by atoms with Crippen molar-refractivity contribution in [3.05, 3.63) is 47.7 Å². The number of nitrogens with zero attached hydrogens (tertiary/aromatic N) is 1. The van der Waals surface area contributed by atoms with E-state index < -0.39 is 0 Å². The lowest BCUT2D eigenvalue weighted by molar-refractivity contribution is 0.407. The molecular formula is C17H22N2O2. The van der Waals surface area contributed by atoms with Crippen molar-refractivity contribution in [2.45, 2.75) is 32.7 Å². The Labute approximate surface area is 125 Å². The molecule has 1 heterocycles. The van der Waals surface area contributed by atoms with Crippen LogP contribution in [0.3, 0.4) is 0 Å². The summed E-state index contributed by atoms with van der Waals surface area (Å²) in [6, 6.07) is 9.74. The molecule has 1 aromatic heterocycles. The average molecular weight is 286 g/mol. The van der Waals surface area contributed by atoms with E-state index in [4.69, 9.17) is 15.2 Å². The highest BCUT2D eigenvalue weighted by Gasteiger charge is 2.07. The molecule has 0 bridgehead atoms. The number of pyridine rings is 1. The second-order valence-corrected chi connectivity index (χ2v) is 5.12. The smallest absolute Gasteiger partial charge is 0.222 e. The van der Waals surface area contributed by atoms with Gasteiger partial charge < -0.3 is 15.2 Å². The molecule has 0 aliphatic rings. The van der Waals surface area contributed by atoms with Gasteiger partial charge >= 0.3 is 0 Å². The zero-order valence-corrected chi connectivity index (χ0v) is 12.8. The molecule has 2 N–H and O–H groups in total. The Balaban J connectivity index is 2.13. The highest BCUT2D eigenvalue weighted by Crippen LogP contribution is 2.26. The topological polar surface area (TPSA) is 57.4 Å². The monoisotopic (exact) mass is 286 g/mol. The van der Waals surface area contributed by atoms with Crippen LogP contribution in [0.25, 0.3) is 0 Å². The van der Waals surface area contributed by atoms with E-state index in [9.17, 15) is 0 Å². The van der Waals surface area contributed by atoms with Crippen molar-refractivity contribution in [3.63, 3.8) is 0 Å². The summed E-state index contributed by atoms with van der Waals surface area (Å²) in [7, 11) is 1.63. The summed E-state index contributed by atoms with van der Waals surface area (Å²) in [6.45, 7) is 4.08. The number of methoxy groups -OCH3 is 1. The van der Waals surface area contributed by atoms with Gasteiger partial charge in [-0.15, -0.1) is 0 Å². The first-order valence-corrected chi connectivity index (χ1v) is 7.15. The van der Waals surface area contributed by atoms with E-state index in [0.717, 1.165) is 29.7 Å². The Morgan fingerprint density at radius 2 is 2.00 bits per heavy atom. The standard InChI is InChI=1S/C17H22N2O2/c1-4-14(18)9-13-8-12(2)17(19-11-13)21-16-7-5-6-15(10-16)20-3/h5-8,10-11,14H,4,9,18H2,1-3H3. The number of nitrogens with two attached hydrogens (primary N) is 1. The summed E-state index contributed by atoms with van der Waals surface area (Å²) in [5, 5.41) is 0. The van der Waals surface area contributed by atoms with Crippen molar-refractivity contribution >= 4 is 0 Å². The van der Waals surface area contributed by atoms with Crippen LogP contribution in [0.15, 0.2) is 36.5 Å². The van der Waals surface area contributed by atoms with Gasteiger partial charge in [-0.3, -0.25) is 0 Å². The van der Waals surface area contributed by atoms with Gasteiger partial charge in [0.05, 0.1) is 7.11 Å². The number of rotatable bonds is 6. The number of hydrogen-bond acceptors (Lipinski definition) is 4. The molecule has 1 atom stereocenters. The molecule has 0 aliphatic carbocycles. The molecule has 2 aromatic rings.